The first-order chi connectivity index (χ1) is 29.1. The summed E-state index contributed by atoms with van der Waals surface area (Å²) < 4.78 is 7.72. The molecular formula is C54H78N4O. The summed E-state index contributed by atoms with van der Waals surface area (Å²) in [4.78, 5) is 19.2. The number of ether oxygens (including phenoxy) is 1. The van der Waals surface area contributed by atoms with Crippen molar-refractivity contribution in [2.24, 2.45) is 23.7 Å². The Balaban J connectivity index is 1.24. The molecule has 2 aromatic heterocycles. The van der Waals surface area contributed by atoms with Gasteiger partial charge in [-0.25, -0.2) is 19.9 Å². The molecule has 59 heavy (non-hydrogen) atoms. The quantitative estimate of drug-likeness (QED) is 0.0661. The van der Waals surface area contributed by atoms with Gasteiger partial charge in [0.2, 0.25) is 0 Å². The van der Waals surface area contributed by atoms with Crippen molar-refractivity contribution < 1.29 is 4.74 Å². The molecule has 2 aromatic carbocycles. The van der Waals surface area contributed by atoms with Crippen LogP contribution in [-0.2, 0) is 17.6 Å². The van der Waals surface area contributed by atoms with Crippen molar-refractivity contribution in [2.75, 3.05) is 0 Å². The van der Waals surface area contributed by atoms with E-state index in [0.29, 0.717) is 11.8 Å². The summed E-state index contributed by atoms with van der Waals surface area (Å²) in [5.41, 5.74) is 7.24. The van der Waals surface area contributed by atoms with E-state index in [4.69, 9.17) is 24.7 Å². The molecule has 0 bridgehead atoms. The van der Waals surface area contributed by atoms with Crippen LogP contribution in [0.5, 0.6) is 0 Å². The monoisotopic (exact) mass is 799 g/mol. The number of benzene rings is 2. The molecular weight excluding hydrogens is 721 g/mol. The molecule has 2 unspecified atom stereocenters. The molecule has 6 rings (SSSR count). The number of unbranched alkanes of at least 4 members (excludes halogenated alkanes) is 8. The molecule has 2 heterocycles. The number of aryl methyl sites for hydroxylation is 2. The first kappa shape index (κ1) is 45.1. The summed E-state index contributed by atoms with van der Waals surface area (Å²) in [6.07, 6.45) is 38.8. The van der Waals surface area contributed by atoms with Crippen LogP contribution in [0.1, 0.15) is 203 Å². The van der Waals surface area contributed by atoms with Crippen LogP contribution >= 0.6 is 0 Å². The Morgan fingerprint density at radius 3 is 1.12 bits per heavy atom. The highest BCUT2D eigenvalue weighted by molar-refractivity contribution is 5.56. The van der Waals surface area contributed by atoms with Gasteiger partial charge in [-0.3, -0.25) is 0 Å². The van der Waals surface area contributed by atoms with Crippen LogP contribution in [0, 0.1) is 23.7 Å². The van der Waals surface area contributed by atoms with Gasteiger partial charge in [-0.15, -0.1) is 0 Å². The molecule has 0 spiro atoms. The van der Waals surface area contributed by atoms with Crippen LogP contribution in [0.4, 0.5) is 0 Å². The second-order valence-corrected chi connectivity index (χ2v) is 18.5. The highest BCUT2D eigenvalue weighted by Crippen LogP contribution is 2.47. The van der Waals surface area contributed by atoms with E-state index in [0.717, 1.165) is 47.5 Å². The van der Waals surface area contributed by atoms with Crippen LogP contribution < -0.4 is 0 Å². The molecule has 2 aliphatic rings. The fraction of sp³-hybridized carbons (Fsp3) is 0.630. The van der Waals surface area contributed by atoms with E-state index in [1.165, 1.54) is 164 Å². The molecule has 4 aromatic rings. The predicted molar refractivity (Wildman–Crippen MR) is 247 cm³/mol. The van der Waals surface area contributed by atoms with Crippen LogP contribution in [0.25, 0.3) is 22.8 Å². The van der Waals surface area contributed by atoms with Gasteiger partial charge in [0.25, 0.3) is 0 Å². The van der Waals surface area contributed by atoms with Crippen molar-refractivity contribution in [3.8, 4) is 22.8 Å². The van der Waals surface area contributed by atoms with Crippen LogP contribution in [0.3, 0.4) is 0 Å². The van der Waals surface area contributed by atoms with Gasteiger partial charge >= 0.3 is 0 Å². The fourth-order valence-electron chi connectivity index (χ4n) is 10.1. The van der Waals surface area contributed by atoms with Crippen molar-refractivity contribution in [3.05, 3.63) is 95.6 Å². The van der Waals surface area contributed by atoms with Gasteiger partial charge in [0.1, 0.15) is 0 Å². The predicted octanol–water partition coefficient (Wildman–Crippen LogP) is 15.6. The van der Waals surface area contributed by atoms with Gasteiger partial charge < -0.3 is 4.74 Å². The molecule has 5 nitrogen and oxygen atoms in total. The molecule has 0 amide bonds. The highest BCUT2D eigenvalue weighted by atomic mass is 16.5. The molecule has 0 N–H and O–H groups in total. The second-order valence-electron chi connectivity index (χ2n) is 18.5. The lowest BCUT2D eigenvalue weighted by Crippen LogP contribution is -2.28. The molecule has 2 fully saturated rings. The average Bonchev–Trinajstić information content (AvgIpc) is 3.29. The van der Waals surface area contributed by atoms with Crippen LogP contribution in [-0.4, -0.2) is 19.9 Å². The van der Waals surface area contributed by atoms with Crippen LogP contribution in [0.2, 0.25) is 0 Å². The minimum absolute atomic E-state index is 0.0537. The van der Waals surface area contributed by atoms with Crippen molar-refractivity contribution in [1.82, 2.24) is 19.9 Å². The first-order valence-electron chi connectivity index (χ1n) is 24.6. The standard InChI is InChI=1S/C54H78N4O/c1-5-9-13-17-41-21-25-45(26-22-41)51(47-29-33-49(34-30-47)53-55-37-43(38-56-53)19-15-11-7-3)59-52(46-27-23-42(24-28-46)18-14-10-6-2)48-31-35-50(36-32-48)54-57-39-44(40-58-54)20-16-12-8-4/h29-42,45-46,51-52H,5-28H2,1-4H3. The molecule has 2 atom stereocenters. The van der Waals surface area contributed by atoms with Gasteiger partial charge in [-0.1, -0.05) is 179 Å². The topological polar surface area (TPSA) is 60.8 Å². The van der Waals surface area contributed by atoms with Crippen molar-refractivity contribution in [1.29, 1.82) is 0 Å². The summed E-state index contributed by atoms with van der Waals surface area (Å²) in [6.45, 7) is 9.15. The SMILES string of the molecule is CCCCCc1cnc(-c2ccc(C(OC(c3ccc(-c4ncc(CCCCC)cn4)cc3)C3CCC(CCCCC)CC3)C3CCC(CCCCC)CC3)cc2)nc1. The zero-order chi connectivity index (χ0) is 41.1. The number of aromatic nitrogens is 4. The van der Waals surface area contributed by atoms with Gasteiger partial charge in [0, 0.05) is 35.9 Å². The Hall–Kier alpha value is -3.44. The molecule has 5 heteroatoms. The smallest absolute Gasteiger partial charge is 0.159 e. The summed E-state index contributed by atoms with van der Waals surface area (Å²) >= 11 is 0. The third-order valence-electron chi connectivity index (χ3n) is 13.9. The number of nitrogens with zero attached hydrogens (tertiary/aromatic N) is 4. The maximum absolute atomic E-state index is 7.72. The largest absolute Gasteiger partial charge is 0.365 e. The lowest BCUT2D eigenvalue weighted by molar-refractivity contribution is -0.0907. The maximum atomic E-state index is 7.72. The van der Waals surface area contributed by atoms with E-state index < -0.39 is 0 Å². The fourth-order valence-corrected chi connectivity index (χ4v) is 10.1. The van der Waals surface area contributed by atoms with Gasteiger partial charge in [0.05, 0.1) is 12.2 Å². The Kier molecular flexibility index (Phi) is 18.9. The summed E-state index contributed by atoms with van der Waals surface area (Å²) in [7, 11) is 0. The normalized spacial score (nSPS) is 20.7. The number of hydrogen-bond donors (Lipinski definition) is 0. The third-order valence-corrected chi connectivity index (χ3v) is 13.9. The van der Waals surface area contributed by atoms with Crippen molar-refractivity contribution in [2.45, 2.75) is 194 Å². The molecule has 2 saturated carbocycles. The average molecular weight is 799 g/mol. The van der Waals surface area contributed by atoms with Gasteiger partial charge in [-0.05, 0) is 97.3 Å². The van der Waals surface area contributed by atoms with E-state index in [2.05, 4.69) is 76.2 Å². The van der Waals surface area contributed by atoms with Crippen molar-refractivity contribution >= 4 is 0 Å². The van der Waals surface area contributed by atoms with E-state index in [-0.39, 0.29) is 12.2 Å². The number of hydrogen-bond acceptors (Lipinski definition) is 5. The summed E-state index contributed by atoms with van der Waals surface area (Å²) in [5.74, 6) is 4.37. The number of rotatable bonds is 24. The van der Waals surface area contributed by atoms with E-state index in [9.17, 15) is 0 Å². The van der Waals surface area contributed by atoms with E-state index >= 15 is 0 Å². The minimum Gasteiger partial charge on any atom is -0.365 e. The molecule has 0 saturated heterocycles. The van der Waals surface area contributed by atoms with E-state index in [1.807, 2.05) is 24.8 Å². The minimum atomic E-state index is 0.0537. The Morgan fingerprint density at radius 2 is 0.780 bits per heavy atom. The summed E-state index contributed by atoms with van der Waals surface area (Å²) in [6, 6.07) is 18.3. The third kappa shape index (κ3) is 13.8. The zero-order valence-electron chi connectivity index (χ0n) is 37.6. The highest BCUT2D eigenvalue weighted by Gasteiger charge is 2.36. The van der Waals surface area contributed by atoms with Crippen LogP contribution in [0.15, 0.2) is 73.3 Å². The Bertz CT molecular complexity index is 1580. The maximum Gasteiger partial charge on any atom is 0.159 e. The molecule has 320 valence electrons. The van der Waals surface area contributed by atoms with Gasteiger partial charge in [-0.2, -0.15) is 0 Å². The molecule has 0 aliphatic heterocycles. The molecule has 0 radical (unpaired) electrons. The Morgan fingerprint density at radius 1 is 0.441 bits per heavy atom. The van der Waals surface area contributed by atoms with Gasteiger partial charge in [0.15, 0.2) is 11.6 Å². The first-order valence-corrected chi connectivity index (χ1v) is 24.6. The second kappa shape index (κ2) is 24.7. The lowest BCUT2D eigenvalue weighted by atomic mass is 9.74. The Labute approximate surface area is 359 Å². The zero-order valence-corrected chi connectivity index (χ0v) is 37.6. The summed E-state index contributed by atoms with van der Waals surface area (Å²) in [5, 5.41) is 0. The van der Waals surface area contributed by atoms with E-state index in [1.54, 1.807) is 0 Å². The van der Waals surface area contributed by atoms with Crippen molar-refractivity contribution in [3.63, 3.8) is 0 Å². The molecule has 2 aliphatic carbocycles. The lowest BCUT2D eigenvalue weighted by Gasteiger charge is -2.40.